The molecule has 5 nitrogen and oxygen atoms in total. The van der Waals surface area contributed by atoms with Crippen molar-refractivity contribution in [3.05, 3.63) is 29.3 Å². The monoisotopic (exact) mass is 339 g/mol. The Balaban J connectivity index is 1.91. The van der Waals surface area contributed by atoms with Gasteiger partial charge >= 0.3 is 0 Å². The third-order valence-corrected chi connectivity index (χ3v) is 6.08. The van der Waals surface area contributed by atoms with E-state index in [-0.39, 0.29) is 24.0 Å². The van der Waals surface area contributed by atoms with Gasteiger partial charge in [0.2, 0.25) is 0 Å². The van der Waals surface area contributed by atoms with Crippen molar-refractivity contribution in [3.63, 3.8) is 0 Å². The van der Waals surface area contributed by atoms with Crippen LogP contribution in [0.25, 0.3) is 0 Å². The summed E-state index contributed by atoms with van der Waals surface area (Å²) < 4.78 is 28.6. The van der Waals surface area contributed by atoms with Gasteiger partial charge in [0.25, 0.3) is 5.91 Å². The molecular formula is C17H25NO4S. The van der Waals surface area contributed by atoms with E-state index in [0.29, 0.717) is 18.1 Å². The first-order chi connectivity index (χ1) is 10.6. The molecule has 1 N–H and O–H groups in total. The number of hydrogen-bond donors (Lipinski definition) is 1. The van der Waals surface area contributed by atoms with Crippen molar-refractivity contribution in [1.29, 1.82) is 0 Å². The fourth-order valence-corrected chi connectivity index (χ4v) is 5.11. The standard InChI is InChI=1S/C17H25NO4S/c1-12(2)15-6-5-14(9-13(15)3)22-10-16(19)18-17(4)7-8-23(20,21)11-17/h5-6,9,12H,7-8,10-11H2,1-4H3,(H,18,19). The second kappa shape index (κ2) is 6.51. The molecule has 0 radical (unpaired) electrons. The number of amides is 1. The summed E-state index contributed by atoms with van der Waals surface area (Å²) in [5, 5.41) is 2.78. The van der Waals surface area contributed by atoms with Crippen LogP contribution < -0.4 is 10.1 Å². The van der Waals surface area contributed by atoms with Crippen LogP contribution in [0.1, 0.15) is 44.2 Å². The zero-order valence-corrected chi connectivity index (χ0v) is 15.0. The number of carbonyl (C=O) groups is 1. The highest BCUT2D eigenvalue weighted by Crippen LogP contribution is 2.24. The van der Waals surface area contributed by atoms with Crippen LogP contribution in [0.15, 0.2) is 18.2 Å². The average molecular weight is 339 g/mol. The quantitative estimate of drug-likeness (QED) is 0.892. The summed E-state index contributed by atoms with van der Waals surface area (Å²) in [6.07, 6.45) is 0.448. The van der Waals surface area contributed by atoms with Crippen molar-refractivity contribution in [2.75, 3.05) is 18.1 Å². The Morgan fingerprint density at radius 1 is 1.39 bits per heavy atom. The Labute approximate surface area is 138 Å². The van der Waals surface area contributed by atoms with Gasteiger partial charge in [0, 0.05) is 0 Å². The normalized spacial score (nSPS) is 23.0. The van der Waals surface area contributed by atoms with E-state index in [4.69, 9.17) is 4.74 Å². The second-order valence-electron chi connectivity index (χ2n) is 6.91. The Bertz CT molecular complexity index is 697. The van der Waals surface area contributed by atoms with Gasteiger partial charge in [-0.2, -0.15) is 0 Å². The maximum atomic E-state index is 12.0. The Hall–Kier alpha value is -1.56. The summed E-state index contributed by atoms with van der Waals surface area (Å²) in [7, 11) is -3.04. The van der Waals surface area contributed by atoms with E-state index in [1.54, 1.807) is 6.92 Å². The minimum atomic E-state index is -3.04. The molecule has 0 aromatic heterocycles. The van der Waals surface area contributed by atoms with Gasteiger partial charge < -0.3 is 10.1 Å². The van der Waals surface area contributed by atoms with E-state index in [1.807, 2.05) is 25.1 Å². The zero-order chi connectivity index (χ0) is 17.3. The summed E-state index contributed by atoms with van der Waals surface area (Å²) in [6, 6.07) is 5.79. The van der Waals surface area contributed by atoms with Crippen LogP contribution in [0, 0.1) is 6.92 Å². The van der Waals surface area contributed by atoms with Crippen LogP contribution in [0.5, 0.6) is 5.75 Å². The van der Waals surface area contributed by atoms with E-state index in [1.165, 1.54) is 5.56 Å². The van der Waals surface area contributed by atoms with E-state index >= 15 is 0 Å². The number of hydrogen-bond acceptors (Lipinski definition) is 4. The lowest BCUT2D eigenvalue weighted by Crippen LogP contribution is -2.48. The number of carbonyl (C=O) groups excluding carboxylic acids is 1. The van der Waals surface area contributed by atoms with Crippen LogP contribution in [0.2, 0.25) is 0 Å². The van der Waals surface area contributed by atoms with E-state index < -0.39 is 15.4 Å². The summed E-state index contributed by atoms with van der Waals surface area (Å²) in [5.74, 6) is 0.909. The highest BCUT2D eigenvalue weighted by molar-refractivity contribution is 7.91. The Morgan fingerprint density at radius 3 is 2.61 bits per heavy atom. The lowest BCUT2D eigenvalue weighted by atomic mass is 9.98. The predicted octanol–water partition coefficient (Wildman–Crippen LogP) is 2.19. The molecule has 1 fully saturated rings. The van der Waals surface area contributed by atoms with E-state index in [9.17, 15) is 13.2 Å². The average Bonchev–Trinajstić information content (AvgIpc) is 2.69. The molecule has 6 heteroatoms. The van der Waals surface area contributed by atoms with Gasteiger partial charge in [0.1, 0.15) is 5.75 Å². The summed E-state index contributed by atoms with van der Waals surface area (Å²) in [5.41, 5.74) is 1.70. The number of benzene rings is 1. The fraction of sp³-hybridized carbons (Fsp3) is 0.588. The molecule has 1 heterocycles. The molecule has 1 amide bonds. The van der Waals surface area contributed by atoms with Crippen LogP contribution in [-0.4, -0.2) is 38.0 Å². The van der Waals surface area contributed by atoms with Gasteiger partial charge in [0.15, 0.2) is 16.4 Å². The van der Waals surface area contributed by atoms with Gasteiger partial charge in [-0.3, -0.25) is 4.79 Å². The molecule has 1 saturated heterocycles. The van der Waals surface area contributed by atoms with Gasteiger partial charge in [-0.1, -0.05) is 19.9 Å². The fourth-order valence-electron chi connectivity index (χ4n) is 3.02. The largest absolute Gasteiger partial charge is 0.484 e. The first kappa shape index (κ1) is 17.8. The minimum absolute atomic E-state index is 0.00602. The van der Waals surface area contributed by atoms with Crippen LogP contribution in [0.3, 0.4) is 0 Å². The maximum absolute atomic E-state index is 12.0. The SMILES string of the molecule is Cc1cc(OCC(=O)NC2(C)CCS(=O)(=O)C2)ccc1C(C)C. The number of sulfone groups is 1. The van der Waals surface area contributed by atoms with E-state index in [0.717, 1.165) is 5.56 Å². The zero-order valence-electron chi connectivity index (χ0n) is 14.2. The Morgan fingerprint density at radius 2 is 2.09 bits per heavy atom. The van der Waals surface area contributed by atoms with E-state index in [2.05, 4.69) is 19.2 Å². The number of rotatable bonds is 5. The van der Waals surface area contributed by atoms with Crippen LogP contribution in [0.4, 0.5) is 0 Å². The third-order valence-electron chi connectivity index (χ3n) is 4.18. The number of aryl methyl sites for hydroxylation is 1. The predicted molar refractivity (Wildman–Crippen MR) is 90.6 cm³/mol. The molecule has 23 heavy (non-hydrogen) atoms. The van der Waals surface area contributed by atoms with Gasteiger partial charge in [-0.15, -0.1) is 0 Å². The third kappa shape index (κ3) is 4.70. The number of ether oxygens (including phenoxy) is 1. The van der Waals surface area contributed by atoms with Gasteiger partial charge in [-0.25, -0.2) is 8.42 Å². The maximum Gasteiger partial charge on any atom is 0.258 e. The molecule has 0 spiro atoms. The van der Waals surface area contributed by atoms with Crippen molar-refractivity contribution in [2.45, 2.75) is 45.6 Å². The first-order valence-corrected chi connectivity index (χ1v) is 9.67. The molecule has 1 unspecified atom stereocenters. The van der Waals surface area contributed by atoms with Gasteiger partial charge in [0.05, 0.1) is 17.0 Å². The van der Waals surface area contributed by atoms with Crippen LogP contribution >= 0.6 is 0 Å². The van der Waals surface area contributed by atoms with Crippen molar-refractivity contribution < 1.29 is 17.9 Å². The molecule has 0 aliphatic carbocycles. The molecule has 1 aromatic carbocycles. The van der Waals surface area contributed by atoms with Crippen molar-refractivity contribution in [2.24, 2.45) is 0 Å². The summed E-state index contributed by atoms with van der Waals surface area (Å²) in [6.45, 7) is 7.93. The Kier molecular flexibility index (Phi) is 5.04. The van der Waals surface area contributed by atoms with Crippen molar-refractivity contribution in [3.8, 4) is 5.75 Å². The molecule has 1 atom stereocenters. The molecule has 1 aliphatic rings. The van der Waals surface area contributed by atoms with Gasteiger partial charge in [-0.05, 0) is 49.4 Å². The topological polar surface area (TPSA) is 72.5 Å². The van der Waals surface area contributed by atoms with Crippen molar-refractivity contribution in [1.82, 2.24) is 5.32 Å². The number of nitrogens with one attached hydrogen (secondary N) is 1. The van der Waals surface area contributed by atoms with Crippen LogP contribution in [-0.2, 0) is 14.6 Å². The lowest BCUT2D eigenvalue weighted by molar-refractivity contribution is -0.124. The molecule has 1 aromatic rings. The molecular weight excluding hydrogens is 314 g/mol. The van der Waals surface area contributed by atoms with Crippen molar-refractivity contribution >= 4 is 15.7 Å². The highest BCUT2D eigenvalue weighted by atomic mass is 32.2. The summed E-state index contributed by atoms with van der Waals surface area (Å²) in [4.78, 5) is 12.0. The molecule has 1 aliphatic heterocycles. The highest BCUT2D eigenvalue weighted by Gasteiger charge is 2.39. The molecule has 128 valence electrons. The lowest BCUT2D eigenvalue weighted by Gasteiger charge is -2.23. The molecule has 0 saturated carbocycles. The first-order valence-electron chi connectivity index (χ1n) is 7.85. The minimum Gasteiger partial charge on any atom is -0.484 e. The molecule has 0 bridgehead atoms. The molecule has 2 rings (SSSR count). The summed E-state index contributed by atoms with van der Waals surface area (Å²) >= 11 is 0. The second-order valence-corrected chi connectivity index (χ2v) is 9.10. The smallest absolute Gasteiger partial charge is 0.258 e.